The molecule has 3 aromatic carbocycles. The van der Waals surface area contributed by atoms with Gasteiger partial charge in [0.15, 0.2) is 5.82 Å². The van der Waals surface area contributed by atoms with Gasteiger partial charge in [0.05, 0.1) is 5.16 Å². The molecule has 0 aliphatic rings. The van der Waals surface area contributed by atoms with Crippen molar-refractivity contribution in [2.45, 2.75) is 19.8 Å². The largest absolute Gasteiger partial charge is 0.205 e. The van der Waals surface area contributed by atoms with Crippen LogP contribution in [-0.2, 0) is 0 Å². The van der Waals surface area contributed by atoms with Crippen molar-refractivity contribution in [3.63, 3.8) is 0 Å². The molecule has 0 saturated heterocycles. The molecule has 0 aliphatic carbocycles. The fraction of sp³-hybridized carbons (Fsp3) is 0.107. The summed E-state index contributed by atoms with van der Waals surface area (Å²) in [5, 5.41) is 2.16. The van der Waals surface area contributed by atoms with E-state index < -0.39 is 5.82 Å². The molecule has 3 heteroatoms. The molecule has 0 aromatic heterocycles. The van der Waals surface area contributed by atoms with Gasteiger partial charge in [-0.2, -0.15) is 4.99 Å². The lowest BCUT2D eigenvalue weighted by Crippen LogP contribution is -1.81. The molecule has 0 fully saturated rings. The zero-order chi connectivity index (χ0) is 21.9. The minimum absolute atomic E-state index is 0.155. The lowest BCUT2D eigenvalue weighted by atomic mass is 10.1. The van der Waals surface area contributed by atoms with Gasteiger partial charge in [-0.3, -0.25) is 0 Å². The number of thiocarbonyl (C=S) groups is 1. The van der Waals surface area contributed by atoms with Crippen molar-refractivity contribution in [2.24, 2.45) is 4.99 Å². The number of hydrogen-bond donors (Lipinski definition) is 0. The van der Waals surface area contributed by atoms with Crippen LogP contribution >= 0.6 is 12.2 Å². The molecule has 0 saturated carbocycles. The van der Waals surface area contributed by atoms with E-state index in [0.29, 0.717) is 5.56 Å². The molecule has 0 N–H and O–H groups in total. The van der Waals surface area contributed by atoms with E-state index in [1.807, 2.05) is 48.5 Å². The van der Waals surface area contributed by atoms with Gasteiger partial charge in [0.2, 0.25) is 0 Å². The standard InChI is InChI=1S/C28H18FNS/c1-2-3-4-5-22-6-8-23(9-7-22)10-11-24-12-14-25(15-13-24)16-17-26-18-19-28(30-21-31)27(29)20-26/h6-9,12-15,18-20H,2-3H2,1H3. The molecule has 3 aromatic rings. The minimum Gasteiger partial charge on any atom is -0.205 e. The van der Waals surface area contributed by atoms with Crippen LogP contribution in [0.1, 0.15) is 47.6 Å². The second-order valence-corrected chi connectivity index (χ2v) is 6.76. The van der Waals surface area contributed by atoms with Gasteiger partial charge in [0.1, 0.15) is 5.69 Å². The van der Waals surface area contributed by atoms with E-state index in [4.69, 9.17) is 0 Å². The summed E-state index contributed by atoms with van der Waals surface area (Å²) < 4.78 is 13.9. The fourth-order valence-corrected chi connectivity index (χ4v) is 2.67. The summed E-state index contributed by atoms with van der Waals surface area (Å²) in [6.45, 7) is 2.12. The fourth-order valence-electron chi connectivity index (χ4n) is 2.58. The average Bonchev–Trinajstić information content (AvgIpc) is 2.80. The summed E-state index contributed by atoms with van der Waals surface area (Å²) >= 11 is 4.50. The molecular weight excluding hydrogens is 401 g/mol. The third-order valence-corrected chi connectivity index (χ3v) is 4.28. The molecule has 0 radical (unpaired) electrons. The predicted molar refractivity (Wildman–Crippen MR) is 128 cm³/mol. The first-order valence-electron chi connectivity index (χ1n) is 9.78. The highest BCUT2D eigenvalue weighted by molar-refractivity contribution is 7.78. The van der Waals surface area contributed by atoms with Crippen LogP contribution in [0.5, 0.6) is 0 Å². The van der Waals surface area contributed by atoms with Gasteiger partial charge in [-0.25, -0.2) is 4.39 Å². The molecule has 0 heterocycles. The lowest BCUT2D eigenvalue weighted by molar-refractivity contribution is 0.629. The Hall–Kier alpha value is -3.93. The van der Waals surface area contributed by atoms with Crippen LogP contribution in [0.15, 0.2) is 71.7 Å². The number of halogens is 1. The first kappa shape index (κ1) is 21.8. The molecule has 31 heavy (non-hydrogen) atoms. The summed E-state index contributed by atoms with van der Waals surface area (Å²) in [7, 11) is 0. The normalized spacial score (nSPS) is 9.10. The summed E-state index contributed by atoms with van der Waals surface area (Å²) in [6.07, 6.45) is 1.98. The summed E-state index contributed by atoms with van der Waals surface area (Å²) in [5.41, 5.74) is 4.37. The Bertz CT molecular complexity index is 1300. The SMILES string of the molecule is CCCC#Cc1ccc(C#Cc2ccc(C#Cc3ccc(N=C=S)c(F)c3)cc2)cc1. The highest BCUT2D eigenvalue weighted by Gasteiger charge is 2.00. The van der Waals surface area contributed by atoms with Gasteiger partial charge in [-0.1, -0.05) is 42.4 Å². The molecule has 0 aliphatic heterocycles. The van der Waals surface area contributed by atoms with Crippen molar-refractivity contribution < 1.29 is 4.39 Å². The Morgan fingerprint density at radius 3 is 1.61 bits per heavy atom. The van der Waals surface area contributed by atoms with Crippen molar-refractivity contribution in [2.75, 3.05) is 0 Å². The maximum atomic E-state index is 13.9. The summed E-state index contributed by atoms with van der Waals surface area (Å²) in [4.78, 5) is 3.66. The van der Waals surface area contributed by atoms with Gasteiger partial charge in [-0.05, 0) is 85.4 Å². The molecule has 0 unspecified atom stereocenters. The second-order valence-electron chi connectivity index (χ2n) is 6.58. The first-order chi connectivity index (χ1) is 15.2. The Morgan fingerprint density at radius 2 is 1.16 bits per heavy atom. The zero-order valence-electron chi connectivity index (χ0n) is 17.0. The number of rotatable bonds is 2. The predicted octanol–water partition coefficient (Wildman–Crippen LogP) is 6.51. The zero-order valence-corrected chi connectivity index (χ0v) is 17.8. The van der Waals surface area contributed by atoms with Crippen LogP contribution in [0, 0.1) is 41.3 Å². The number of isothiocyanates is 1. The molecule has 0 bridgehead atoms. The molecule has 1 nitrogen and oxygen atoms in total. The minimum atomic E-state index is -0.476. The van der Waals surface area contributed by atoms with Crippen LogP contribution in [0.3, 0.4) is 0 Å². The quantitative estimate of drug-likeness (QED) is 0.262. The van der Waals surface area contributed by atoms with Crippen LogP contribution in [0.25, 0.3) is 0 Å². The van der Waals surface area contributed by atoms with E-state index >= 15 is 0 Å². The molecule has 0 amide bonds. The summed E-state index contributed by atoms with van der Waals surface area (Å²) in [6, 6.07) is 20.1. The van der Waals surface area contributed by atoms with Gasteiger partial charge >= 0.3 is 0 Å². The molecule has 3 rings (SSSR count). The van der Waals surface area contributed by atoms with E-state index in [0.717, 1.165) is 35.1 Å². The molecular formula is C28H18FNS. The molecule has 0 atom stereocenters. The number of aliphatic imine (C=N–C) groups is 1. The smallest absolute Gasteiger partial charge is 0.150 e. The second kappa shape index (κ2) is 11.3. The third kappa shape index (κ3) is 6.82. The van der Waals surface area contributed by atoms with Crippen LogP contribution in [-0.4, -0.2) is 5.16 Å². The topological polar surface area (TPSA) is 12.4 Å². The maximum absolute atomic E-state index is 13.9. The molecule has 0 spiro atoms. The number of benzene rings is 3. The van der Waals surface area contributed by atoms with E-state index in [-0.39, 0.29) is 5.69 Å². The Morgan fingerprint density at radius 1 is 0.710 bits per heavy atom. The van der Waals surface area contributed by atoms with Gasteiger partial charge in [-0.15, -0.1) is 0 Å². The lowest BCUT2D eigenvalue weighted by Gasteiger charge is -1.96. The summed E-state index contributed by atoms with van der Waals surface area (Å²) in [5.74, 6) is 18.1. The van der Waals surface area contributed by atoms with Crippen molar-refractivity contribution in [1.82, 2.24) is 0 Å². The monoisotopic (exact) mass is 419 g/mol. The number of nitrogens with zero attached hydrogens (tertiary/aromatic N) is 1. The van der Waals surface area contributed by atoms with Gasteiger partial charge < -0.3 is 0 Å². The van der Waals surface area contributed by atoms with E-state index in [9.17, 15) is 4.39 Å². The Labute approximate surface area is 188 Å². The van der Waals surface area contributed by atoms with E-state index in [2.05, 4.69) is 64.8 Å². The van der Waals surface area contributed by atoms with Crippen LogP contribution < -0.4 is 0 Å². The Kier molecular flexibility index (Phi) is 7.94. The molecule has 148 valence electrons. The average molecular weight is 420 g/mol. The highest BCUT2D eigenvalue weighted by Crippen LogP contribution is 2.18. The van der Waals surface area contributed by atoms with E-state index in [1.165, 1.54) is 12.1 Å². The Balaban J connectivity index is 1.67. The first-order valence-corrected chi connectivity index (χ1v) is 10.2. The van der Waals surface area contributed by atoms with Gasteiger partial charge in [0.25, 0.3) is 0 Å². The van der Waals surface area contributed by atoms with Crippen molar-refractivity contribution in [1.29, 1.82) is 0 Å². The van der Waals surface area contributed by atoms with Crippen molar-refractivity contribution in [3.05, 3.63) is 100 Å². The highest BCUT2D eigenvalue weighted by atomic mass is 32.1. The maximum Gasteiger partial charge on any atom is 0.150 e. The van der Waals surface area contributed by atoms with Crippen molar-refractivity contribution >= 4 is 23.1 Å². The van der Waals surface area contributed by atoms with E-state index in [1.54, 1.807) is 6.07 Å². The number of hydrogen-bond acceptors (Lipinski definition) is 2. The van der Waals surface area contributed by atoms with Crippen molar-refractivity contribution in [3.8, 4) is 35.5 Å². The van der Waals surface area contributed by atoms with Crippen LogP contribution in [0.2, 0.25) is 0 Å². The number of unbranched alkanes of at least 4 members (excludes halogenated alkanes) is 1. The van der Waals surface area contributed by atoms with Crippen LogP contribution in [0.4, 0.5) is 10.1 Å². The third-order valence-electron chi connectivity index (χ3n) is 4.19. The van der Waals surface area contributed by atoms with Gasteiger partial charge in [0, 0.05) is 34.2 Å².